The Morgan fingerprint density at radius 3 is 2.71 bits per heavy atom. The standard InChI is InChI=1S/C16H20N6OS/c1-10-2-4-12(5-3-10)19-16-21-13(20-15(17)22-16)8-24-9-14(23)18-11-6-7-11/h2-5,11H,6-9H2,1H3,(H,18,23)(H3,17,19,20,21,22). The Labute approximate surface area is 144 Å². The molecule has 0 bridgehead atoms. The van der Waals surface area contributed by atoms with Crippen molar-refractivity contribution in [2.75, 3.05) is 16.8 Å². The average molecular weight is 344 g/mol. The SMILES string of the molecule is Cc1ccc(Nc2nc(N)nc(CSCC(=O)NC3CC3)n2)cc1. The van der Waals surface area contributed by atoms with Gasteiger partial charge in [0.25, 0.3) is 0 Å². The van der Waals surface area contributed by atoms with Gasteiger partial charge < -0.3 is 16.4 Å². The zero-order valence-electron chi connectivity index (χ0n) is 13.5. The summed E-state index contributed by atoms with van der Waals surface area (Å²) in [5.41, 5.74) is 7.81. The molecule has 0 saturated heterocycles. The van der Waals surface area contributed by atoms with Crippen LogP contribution in [0.25, 0.3) is 0 Å². The molecule has 0 spiro atoms. The van der Waals surface area contributed by atoms with E-state index in [-0.39, 0.29) is 11.9 Å². The highest BCUT2D eigenvalue weighted by molar-refractivity contribution is 7.99. The monoisotopic (exact) mass is 344 g/mol. The van der Waals surface area contributed by atoms with Crippen molar-refractivity contribution in [3.05, 3.63) is 35.7 Å². The van der Waals surface area contributed by atoms with E-state index in [1.54, 1.807) is 0 Å². The van der Waals surface area contributed by atoms with E-state index in [1.807, 2.05) is 31.2 Å². The summed E-state index contributed by atoms with van der Waals surface area (Å²) < 4.78 is 0. The number of aryl methyl sites for hydroxylation is 1. The number of amides is 1. The zero-order valence-corrected chi connectivity index (χ0v) is 14.3. The lowest BCUT2D eigenvalue weighted by Gasteiger charge is -2.08. The number of carbonyl (C=O) groups excluding carboxylic acids is 1. The third-order valence-electron chi connectivity index (χ3n) is 3.41. The number of benzene rings is 1. The molecule has 0 aliphatic heterocycles. The van der Waals surface area contributed by atoms with Crippen molar-refractivity contribution < 1.29 is 4.79 Å². The summed E-state index contributed by atoms with van der Waals surface area (Å²) in [6.45, 7) is 2.03. The summed E-state index contributed by atoms with van der Waals surface area (Å²) >= 11 is 1.46. The zero-order chi connectivity index (χ0) is 16.9. The van der Waals surface area contributed by atoms with Gasteiger partial charge >= 0.3 is 0 Å². The number of nitrogens with two attached hydrogens (primary N) is 1. The second-order valence-electron chi connectivity index (χ2n) is 5.76. The first-order valence-corrected chi connectivity index (χ1v) is 8.95. The Morgan fingerprint density at radius 2 is 2.00 bits per heavy atom. The summed E-state index contributed by atoms with van der Waals surface area (Å²) in [6, 6.07) is 8.29. The number of carbonyl (C=O) groups is 1. The highest BCUT2D eigenvalue weighted by atomic mass is 32.2. The van der Waals surface area contributed by atoms with E-state index in [4.69, 9.17) is 5.73 Å². The largest absolute Gasteiger partial charge is 0.368 e. The number of nitrogens with one attached hydrogen (secondary N) is 2. The third-order valence-corrected chi connectivity index (χ3v) is 4.34. The van der Waals surface area contributed by atoms with Crippen LogP contribution >= 0.6 is 11.8 Å². The third kappa shape index (κ3) is 5.09. The highest BCUT2D eigenvalue weighted by Crippen LogP contribution is 2.19. The molecule has 2 aromatic rings. The van der Waals surface area contributed by atoms with Crippen LogP contribution in [0, 0.1) is 6.92 Å². The van der Waals surface area contributed by atoms with Crippen molar-refractivity contribution in [2.45, 2.75) is 31.6 Å². The van der Waals surface area contributed by atoms with E-state index in [0.717, 1.165) is 18.5 Å². The fourth-order valence-corrected chi connectivity index (χ4v) is 2.74. The van der Waals surface area contributed by atoms with Crippen LogP contribution in [0.3, 0.4) is 0 Å². The normalized spacial score (nSPS) is 13.5. The number of aromatic nitrogens is 3. The summed E-state index contributed by atoms with van der Waals surface area (Å²) in [5.74, 6) is 2.09. The fraction of sp³-hybridized carbons (Fsp3) is 0.375. The van der Waals surface area contributed by atoms with Crippen LogP contribution in [0.1, 0.15) is 24.2 Å². The van der Waals surface area contributed by atoms with Crippen molar-refractivity contribution in [3.63, 3.8) is 0 Å². The molecule has 3 rings (SSSR count). The lowest BCUT2D eigenvalue weighted by atomic mass is 10.2. The number of thioether (sulfide) groups is 1. The number of hydrogen-bond donors (Lipinski definition) is 3. The maximum Gasteiger partial charge on any atom is 0.232 e. The van der Waals surface area contributed by atoms with Crippen molar-refractivity contribution in [3.8, 4) is 0 Å². The number of hydrogen-bond acceptors (Lipinski definition) is 7. The molecule has 126 valence electrons. The summed E-state index contributed by atoms with van der Waals surface area (Å²) in [7, 11) is 0. The molecule has 1 amide bonds. The Bertz CT molecular complexity index is 717. The topological polar surface area (TPSA) is 106 Å². The first-order chi connectivity index (χ1) is 11.6. The molecule has 1 fully saturated rings. The van der Waals surface area contributed by atoms with Crippen LogP contribution in [0.2, 0.25) is 0 Å². The van der Waals surface area contributed by atoms with E-state index < -0.39 is 0 Å². The number of anilines is 3. The van der Waals surface area contributed by atoms with Gasteiger partial charge in [0, 0.05) is 11.7 Å². The van der Waals surface area contributed by atoms with Gasteiger partial charge in [-0.2, -0.15) is 15.0 Å². The van der Waals surface area contributed by atoms with Crippen LogP contribution in [0.15, 0.2) is 24.3 Å². The molecule has 8 heteroatoms. The van der Waals surface area contributed by atoms with Crippen LogP contribution in [0.4, 0.5) is 17.6 Å². The molecule has 1 aliphatic rings. The van der Waals surface area contributed by atoms with Gasteiger partial charge in [-0.3, -0.25) is 4.79 Å². The minimum absolute atomic E-state index is 0.0579. The number of nitrogen functional groups attached to an aromatic ring is 1. The van der Waals surface area contributed by atoms with Crippen LogP contribution in [-0.2, 0) is 10.5 Å². The first-order valence-electron chi connectivity index (χ1n) is 7.80. The molecule has 24 heavy (non-hydrogen) atoms. The van der Waals surface area contributed by atoms with Crippen LogP contribution in [-0.4, -0.2) is 32.7 Å². The van der Waals surface area contributed by atoms with Crippen molar-refractivity contribution in [1.29, 1.82) is 0 Å². The Balaban J connectivity index is 1.56. The van der Waals surface area contributed by atoms with E-state index in [2.05, 4.69) is 25.6 Å². The van der Waals surface area contributed by atoms with Crippen LogP contribution in [0.5, 0.6) is 0 Å². The van der Waals surface area contributed by atoms with E-state index >= 15 is 0 Å². The van der Waals surface area contributed by atoms with E-state index in [9.17, 15) is 4.79 Å². The van der Waals surface area contributed by atoms with Gasteiger partial charge in [0.05, 0.1) is 11.5 Å². The highest BCUT2D eigenvalue weighted by Gasteiger charge is 2.22. The predicted molar refractivity (Wildman–Crippen MR) is 96.0 cm³/mol. The van der Waals surface area contributed by atoms with Gasteiger partial charge in [-0.1, -0.05) is 17.7 Å². The van der Waals surface area contributed by atoms with Gasteiger partial charge in [0.1, 0.15) is 5.82 Å². The van der Waals surface area contributed by atoms with Gasteiger partial charge in [-0.25, -0.2) is 0 Å². The maximum absolute atomic E-state index is 11.7. The smallest absolute Gasteiger partial charge is 0.232 e. The molecule has 1 aromatic heterocycles. The molecule has 0 radical (unpaired) electrons. The van der Waals surface area contributed by atoms with Crippen molar-refractivity contribution >= 4 is 35.3 Å². The van der Waals surface area contributed by atoms with Crippen molar-refractivity contribution in [2.24, 2.45) is 0 Å². The quantitative estimate of drug-likeness (QED) is 0.705. The molecule has 1 aliphatic carbocycles. The van der Waals surface area contributed by atoms with Gasteiger partial charge in [-0.05, 0) is 31.9 Å². The van der Waals surface area contributed by atoms with E-state index in [1.165, 1.54) is 17.3 Å². The van der Waals surface area contributed by atoms with Gasteiger partial charge in [-0.15, -0.1) is 11.8 Å². The van der Waals surface area contributed by atoms with Crippen molar-refractivity contribution in [1.82, 2.24) is 20.3 Å². The second kappa shape index (κ2) is 7.48. The molecule has 0 unspecified atom stereocenters. The summed E-state index contributed by atoms with van der Waals surface area (Å²) in [4.78, 5) is 24.2. The van der Waals surface area contributed by atoms with E-state index in [0.29, 0.717) is 29.3 Å². The maximum atomic E-state index is 11.7. The minimum atomic E-state index is 0.0579. The average Bonchev–Trinajstić information content (AvgIpc) is 3.33. The molecule has 7 nitrogen and oxygen atoms in total. The second-order valence-corrected chi connectivity index (χ2v) is 6.74. The van der Waals surface area contributed by atoms with Crippen LogP contribution < -0.4 is 16.4 Å². The lowest BCUT2D eigenvalue weighted by molar-refractivity contribution is -0.118. The Morgan fingerprint density at radius 1 is 1.25 bits per heavy atom. The summed E-state index contributed by atoms with van der Waals surface area (Å²) in [5, 5.41) is 6.07. The Hall–Kier alpha value is -2.35. The Kier molecular flexibility index (Phi) is 5.14. The number of nitrogens with zero attached hydrogens (tertiary/aromatic N) is 3. The minimum Gasteiger partial charge on any atom is -0.368 e. The summed E-state index contributed by atoms with van der Waals surface area (Å²) in [6.07, 6.45) is 2.18. The first kappa shape index (κ1) is 16.5. The molecular formula is C16H20N6OS. The molecular weight excluding hydrogens is 324 g/mol. The molecule has 1 saturated carbocycles. The number of rotatable bonds is 7. The fourth-order valence-electron chi connectivity index (χ4n) is 2.06. The van der Waals surface area contributed by atoms with Gasteiger partial charge in [0.2, 0.25) is 17.8 Å². The predicted octanol–water partition coefficient (Wildman–Crippen LogP) is 2.02. The van der Waals surface area contributed by atoms with Gasteiger partial charge in [0.15, 0.2) is 0 Å². The molecule has 4 N–H and O–H groups in total. The molecule has 1 heterocycles. The molecule has 1 aromatic carbocycles. The molecule has 0 atom stereocenters. The lowest BCUT2D eigenvalue weighted by Crippen LogP contribution is -2.27.